The Morgan fingerprint density at radius 1 is 1.26 bits per heavy atom. The normalized spacial score (nSPS) is 21.6. The van der Waals surface area contributed by atoms with Crippen molar-refractivity contribution in [3.8, 4) is 0 Å². The Morgan fingerprint density at radius 3 is 2.63 bits per heavy atom. The average Bonchev–Trinajstić information content (AvgIpc) is 2.64. The number of urea groups is 1. The molecule has 0 bridgehead atoms. The third-order valence-corrected chi connectivity index (χ3v) is 5.56. The standard InChI is InChI=1S/C21H29N3O3/c1-13-7-9-24(10-8-13)12-17-18(20(25)27-4)19(23-21(26)22-17)16-11-14(2)5-6-15(16)3/h5-6,11,13,19H,7-10,12H2,1-4H3,(H2,22,23,26)/t19-/m1/s1. The highest BCUT2D eigenvalue weighted by atomic mass is 16.5. The molecule has 2 heterocycles. The second kappa shape index (κ2) is 8.13. The third kappa shape index (κ3) is 4.33. The predicted molar refractivity (Wildman–Crippen MR) is 104 cm³/mol. The number of ether oxygens (including phenoxy) is 1. The smallest absolute Gasteiger partial charge is 0.338 e. The van der Waals surface area contributed by atoms with E-state index in [9.17, 15) is 9.59 Å². The monoisotopic (exact) mass is 371 g/mol. The van der Waals surface area contributed by atoms with Crippen molar-refractivity contribution in [3.63, 3.8) is 0 Å². The van der Waals surface area contributed by atoms with E-state index in [4.69, 9.17) is 4.74 Å². The van der Waals surface area contributed by atoms with Crippen LogP contribution in [-0.4, -0.2) is 43.6 Å². The minimum Gasteiger partial charge on any atom is -0.466 e. The molecule has 2 N–H and O–H groups in total. The Kier molecular flexibility index (Phi) is 5.85. The number of hydrogen-bond donors (Lipinski definition) is 2. The first-order valence-corrected chi connectivity index (χ1v) is 9.57. The summed E-state index contributed by atoms with van der Waals surface area (Å²) in [5, 5.41) is 5.77. The van der Waals surface area contributed by atoms with Crippen molar-refractivity contribution in [1.82, 2.24) is 15.5 Å². The number of carbonyl (C=O) groups excluding carboxylic acids is 2. The number of benzene rings is 1. The average molecular weight is 371 g/mol. The molecule has 2 amide bonds. The van der Waals surface area contributed by atoms with Gasteiger partial charge in [-0.05, 0) is 56.8 Å². The molecular formula is C21H29N3O3. The molecule has 6 heteroatoms. The topological polar surface area (TPSA) is 70.7 Å². The van der Waals surface area contributed by atoms with Crippen molar-refractivity contribution < 1.29 is 14.3 Å². The van der Waals surface area contributed by atoms with E-state index in [-0.39, 0.29) is 6.03 Å². The summed E-state index contributed by atoms with van der Waals surface area (Å²) in [6.45, 7) is 8.74. The van der Waals surface area contributed by atoms with Crippen LogP contribution in [0, 0.1) is 19.8 Å². The van der Waals surface area contributed by atoms with Crippen molar-refractivity contribution in [3.05, 3.63) is 46.2 Å². The molecule has 146 valence electrons. The quantitative estimate of drug-likeness (QED) is 0.799. The maximum Gasteiger partial charge on any atom is 0.338 e. The third-order valence-electron chi connectivity index (χ3n) is 5.56. The molecule has 1 aromatic rings. The second-order valence-corrected chi connectivity index (χ2v) is 7.73. The van der Waals surface area contributed by atoms with Gasteiger partial charge in [0.05, 0.1) is 18.7 Å². The van der Waals surface area contributed by atoms with Crippen molar-refractivity contribution in [2.45, 2.75) is 39.7 Å². The van der Waals surface area contributed by atoms with Gasteiger partial charge in [0.15, 0.2) is 0 Å². The molecule has 0 spiro atoms. The van der Waals surface area contributed by atoms with Crippen LogP contribution in [-0.2, 0) is 9.53 Å². The lowest BCUT2D eigenvalue weighted by Gasteiger charge is -2.35. The second-order valence-electron chi connectivity index (χ2n) is 7.73. The SMILES string of the molecule is COC(=O)C1=C(CN2CCC(C)CC2)NC(=O)N[C@@H]1c1cc(C)ccc1C. The van der Waals surface area contributed by atoms with Crippen molar-refractivity contribution >= 4 is 12.0 Å². The summed E-state index contributed by atoms with van der Waals surface area (Å²) in [6.07, 6.45) is 2.26. The Hall–Kier alpha value is -2.34. The Bertz CT molecular complexity index is 764. The molecule has 0 saturated carbocycles. The fourth-order valence-electron chi connectivity index (χ4n) is 3.84. The van der Waals surface area contributed by atoms with E-state index in [1.54, 1.807) is 0 Å². The van der Waals surface area contributed by atoms with Gasteiger partial charge >= 0.3 is 12.0 Å². The van der Waals surface area contributed by atoms with Crippen LogP contribution in [0.2, 0.25) is 0 Å². The largest absolute Gasteiger partial charge is 0.466 e. The Morgan fingerprint density at radius 2 is 1.96 bits per heavy atom. The summed E-state index contributed by atoms with van der Waals surface area (Å²) in [7, 11) is 1.38. The molecule has 1 fully saturated rings. The lowest BCUT2D eigenvalue weighted by atomic mass is 9.90. The molecule has 2 aliphatic rings. The van der Waals surface area contributed by atoms with E-state index >= 15 is 0 Å². The highest BCUT2D eigenvalue weighted by Gasteiger charge is 2.35. The van der Waals surface area contributed by atoms with Crippen molar-refractivity contribution in [2.24, 2.45) is 5.92 Å². The van der Waals surface area contributed by atoms with Crippen LogP contribution in [0.25, 0.3) is 0 Å². The summed E-state index contributed by atoms with van der Waals surface area (Å²) in [5.41, 5.74) is 4.17. The highest BCUT2D eigenvalue weighted by Crippen LogP contribution is 2.31. The highest BCUT2D eigenvalue weighted by molar-refractivity contribution is 5.95. The number of amides is 2. The number of nitrogens with one attached hydrogen (secondary N) is 2. The Balaban J connectivity index is 1.99. The molecule has 2 aliphatic heterocycles. The van der Waals surface area contributed by atoms with Gasteiger partial charge in [-0.1, -0.05) is 30.7 Å². The van der Waals surface area contributed by atoms with Gasteiger partial charge in [-0.15, -0.1) is 0 Å². The number of likely N-dealkylation sites (tertiary alicyclic amines) is 1. The van der Waals surface area contributed by atoms with E-state index in [1.165, 1.54) is 7.11 Å². The number of methoxy groups -OCH3 is 1. The first kappa shape index (κ1) is 19.4. The van der Waals surface area contributed by atoms with E-state index < -0.39 is 12.0 Å². The zero-order valence-corrected chi connectivity index (χ0v) is 16.6. The van der Waals surface area contributed by atoms with Crippen LogP contribution in [0.3, 0.4) is 0 Å². The maximum absolute atomic E-state index is 12.7. The first-order chi connectivity index (χ1) is 12.9. The molecule has 0 aromatic heterocycles. The number of hydrogen-bond acceptors (Lipinski definition) is 4. The van der Waals surface area contributed by atoms with Crippen molar-refractivity contribution in [1.29, 1.82) is 0 Å². The van der Waals surface area contributed by atoms with Crippen LogP contribution < -0.4 is 10.6 Å². The number of carbonyl (C=O) groups is 2. The summed E-state index contributed by atoms with van der Waals surface area (Å²) in [4.78, 5) is 27.3. The summed E-state index contributed by atoms with van der Waals surface area (Å²) < 4.78 is 5.08. The van der Waals surface area contributed by atoms with E-state index in [0.29, 0.717) is 17.8 Å². The van der Waals surface area contributed by atoms with Crippen LogP contribution in [0.1, 0.15) is 42.5 Å². The molecule has 0 unspecified atom stereocenters. The van der Waals surface area contributed by atoms with Gasteiger partial charge in [-0.3, -0.25) is 4.90 Å². The number of aryl methyl sites for hydroxylation is 2. The van der Waals surface area contributed by atoms with Gasteiger partial charge in [-0.2, -0.15) is 0 Å². The minimum absolute atomic E-state index is 0.283. The predicted octanol–water partition coefficient (Wildman–Crippen LogP) is 2.82. The van der Waals surface area contributed by atoms with E-state index in [1.807, 2.05) is 32.0 Å². The van der Waals surface area contributed by atoms with Gasteiger partial charge < -0.3 is 15.4 Å². The zero-order valence-electron chi connectivity index (χ0n) is 16.6. The molecule has 27 heavy (non-hydrogen) atoms. The first-order valence-electron chi connectivity index (χ1n) is 9.57. The lowest BCUT2D eigenvalue weighted by molar-refractivity contribution is -0.136. The molecule has 1 aromatic carbocycles. The summed E-state index contributed by atoms with van der Waals surface area (Å²) >= 11 is 0. The van der Waals surface area contributed by atoms with Crippen LogP contribution in [0.5, 0.6) is 0 Å². The number of nitrogens with zero attached hydrogens (tertiary/aromatic N) is 1. The van der Waals surface area contributed by atoms with Gasteiger partial charge in [0.25, 0.3) is 0 Å². The van der Waals surface area contributed by atoms with Crippen molar-refractivity contribution in [2.75, 3.05) is 26.7 Å². The summed E-state index contributed by atoms with van der Waals surface area (Å²) in [6, 6.07) is 5.27. The van der Waals surface area contributed by atoms with E-state index in [2.05, 4.69) is 22.5 Å². The van der Waals surface area contributed by atoms with Crippen LogP contribution >= 0.6 is 0 Å². The molecule has 1 atom stereocenters. The number of esters is 1. The zero-order chi connectivity index (χ0) is 19.6. The maximum atomic E-state index is 12.7. The van der Waals surface area contributed by atoms with Crippen LogP contribution in [0.4, 0.5) is 4.79 Å². The lowest BCUT2D eigenvalue weighted by Crippen LogP contribution is -2.49. The fourth-order valence-corrected chi connectivity index (χ4v) is 3.84. The van der Waals surface area contributed by atoms with Gasteiger partial charge in [0.1, 0.15) is 0 Å². The van der Waals surface area contributed by atoms with Gasteiger partial charge in [-0.25, -0.2) is 9.59 Å². The number of rotatable bonds is 4. The van der Waals surface area contributed by atoms with Gasteiger partial charge in [0, 0.05) is 12.2 Å². The molecule has 1 saturated heterocycles. The number of piperidine rings is 1. The van der Waals surface area contributed by atoms with E-state index in [0.717, 1.165) is 48.5 Å². The summed E-state index contributed by atoms with van der Waals surface area (Å²) in [5.74, 6) is 0.314. The molecule has 0 radical (unpaired) electrons. The van der Waals surface area contributed by atoms with Gasteiger partial charge in [0.2, 0.25) is 0 Å². The molecular weight excluding hydrogens is 342 g/mol. The fraction of sp³-hybridized carbons (Fsp3) is 0.524. The van der Waals surface area contributed by atoms with Crippen LogP contribution in [0.15, 0.2) is 29.5 Å². The molecule has 3 rings (SSSR count). The Labute approximate surface area is 161 Å². The minimum atomic E-state index is -0.509. The molecule has 0 aliphatic carbocycles. The molecule has 6 nitrogen and oxygen atoms in total.